The smallest absolute Gasteiger partial charge is 0.224 e. The fourth-order valence-electron chi connectivity index (χ4n) is 6.34. The molecule has 2 aliphatic carbocycles. The van der Waals surface area contributed by atoms with Gasteiger partial charge in [-0.3, -0.25) is 24.5 Å². The zero-order valence-electron chi connectivity index (χ0n) is 25.4. The molecular weight excluding hydrogens is 582 g/mol. The fourth-order valence-corrected chi connectivity index (χ4v) is 7.27. The number of Topliss-reactive ketones (excluding diaryl/α,β-unsaturated/α-hetero) is 1. The molecule has 4 aromatic heterocycles. The highest BCUT2D eigenvalue weighted by Crippen LogP contribution is 2.35. The second kappa shape index (κ2) is 12.4. The van der Waals surface area contributed by atoms with Crippen molar-refractivity contribution in [3.63, 3.8) is 0 Å². The average Bonchev–Trinajstić information content (AvgIpc) is 3.67. The summed E-state index contributed by atoms with van der Waals surface area (Å²) < 4.78 is 0. The quantitative estimate of drug-likeness (QED) is 0.189. The number of aromatic amines is 1. The summed E-state index contributed by atoms with van der Waals surface area (Å²) >= 11 is 1.49. The number of thiophene rings is 1. The van der Waals surface area contributed by atoms with Gasteiger partial charge in [-0.25, -0.2) is 4.98 Å². The first-order chi connectivity index (χ1) is 21.9. The van der Waals surface area contributed by atoms with Crippen LogP contribution < -0.4 is 10.6 Å². The van der Waals surface area contributed by atoms with Crippen LogP contribution in [0.3, 0.4) is 0 Å². The number of aliphatic imine (C=N–C) groups is 1. The van der Waals surface area contributed by atoms with Gasteiger partial charge in [0.1, 0.15) is 12.4 Å². The predicted molar refractivity (Wildman–Crippen MR) is 179 cm³/mol. The molecule has 3 aliphatic rings. The number of amides is 1. The molecule has 3 N–H and O–H groups in total. The zero-order valence-corrected chi connectivity index (χ0v) is 26.3. The van der Waals surface area contributed by atoms with Gasteiger partial charge in [-0.2, -0.15) is 0 Å². The molecule has 10 heteroatoms. The molecule has 9 nitrogen and oxygen atoms in total. The lowest BCUT2D eigenvalue weighted by atomic mass is 9.87. The number of rotatable bonds is 7. The van der Waals surface area contributed by atoms with Gasteiger partial charge in [0, 0.05) is 46.3 Å². The summed E-state index contributed by atoms with van der Waals surface area (Å²) in [6.45, 7) is 4.11. The van der Waals surface area contributed by atoms with Crippen molar-refractivity contribution in [2.24, 2.45) is 10.9 Å². The fraction of sp³-hybridized carbons (Fsp3) is 0.314. The summed E-state index contributed by atoms with van der Waals surface area (Å²) in [4.78, 5) is 49.2. The molecule has 0 saturated heterocycles. The van der Waals surface area contributed by atoms with Crippen LogP contribution in [0.15, 0.2) is 65.6 Å². The van der Waals surface area contributed by atoms with Crippen molar-refractivity contribution in [2.45, 2.75) is 58.8 Å². The molecule has 0 atom stereocenters. The first-order valence-electron chi connectivity index (χ1n) is 15.5. The number of imidazole rings is 1. The van der Waals surface area contributed by atoms with Gasteiger partial charge in [0.25, 0.3) is 0 Å². The van der Waals surface area contributed by atoms with E-state index in [9.17, 15) is 9.59 Å². The van der Waals surface area contributed by atoms with Crippen molar-refractivity contribution in [3.05, 3.63) is 93.1 Å². The topological polar surface area (TPSA) is 125 Å². The average molecular weight is 618 g/mol. The predicted octanol–water partition coefficient (Wildman–Crippen LogP) is 7.19. The van der Waals surface area contributed by atoms with Gasteiger partial charge >= 0.3 is 0 Å². The number of carbonyl (C=O) groups is 2. The molecule has 1 fully saturated rings. The van der Waals surface area contributed by atoms with Gasteiger partial charge in [0.15, 0.2) is 11.6 Å². The van der Waals surface area contributed by atoms with Crippen molar-refractivity contribution < 1.29 is 9.59 Å². The zero-order chi connectivity index (χ0) is 30.9. The Balaban J connectivity index is 1.17. The number of hydrogen-bond donors (Lipinski definition) is 3. The van der Waals surface area contributed by atoms with Crippen LogP contribution >= 0.6 is 11.3 Å². The number of carbonyl (C=O) groups excluding carboxylic acids is 2. The van der Waals surface area contributed by atoms with E-state index in [-0.39, 0.29) is 11.7 Å². The molecule has 0 aromatic carbocycles. The Kier molecular flexibility index (Phi) is 7.97. The highest BCUT2D eigenvalue weighted by Gasteiger charge is 2.25. The highest BCUT2D eigenvalue weighted by molar-refractivity contribution is 7.15. The van der Waals surface area contributed by atoms with Crippen LogP contribution in [0.25, 0.3) is 16.8 Å². The Bertz CT molecular complexity index is 1890. The van der Waals surface area contributed by atoms with Gasteiger partial charge in [-0.15, -0.1) is 11.3 Å². The monoisotopic (exact) mass is 617 g/mol. The van der Waals surface area contributed by atoms with E-state index in [4.69, 9.17) is 15.0 Å². The Labute approximate surface area is 266 Å². The number of ketones is 1. The molecule has 1 amide bonds. The summed E-state index contributed by atoms with van der Waals surface area (Å²) in [5.41, 5.74) is 8.78. The van der Waals surface area contributed by atoms with Gasteiger partial charge < -0.3 is 15.6 Å². The summed E-state index contributed by atoms with van der Waals surface area (Å²) in [6.07, 6.45) is 16.7. The molecule has 45 heavy (non-hydrogen) atoms. The Morgan fingerprint density at radius 2 is 1.93 bits per heavy atom. The number of hydrogen-bond acceptors (Lipinski definition) is 8. The highest BCUT2D eigenvalue weighted by atomic mass is 32.1. The third kappa shape index (κ3) is 6.15. The van der Waals surface area contributed by atoms with Crippen molar-refractivity contribution in [1.82, 2.24) is 19.9 Å². The van der Waals surface area contributed by atoms with Gasteiger partial charge in [0.05, 0.1) is 40.0 Å². The van der Waals surface area contributed by atoms with Crippen LogP contribution in [0.2, 0.25) is 0 Å². The van der Waals surface area contributed by atoms with E-state index in [1.165, 1.54) is 36.2 Å². The minimum atomic E-state index is 0.0361. The lowest BCUT2D eigenvalue weighted by Crippen LogP contribution is -2.19. The van der Waals surface area contributed by atoms with Gasteiger partial charge in [-0.05, 0) is 56.9 Å². The Hall–Kier alpha value is -4.70. The minimum Gasteiger partial charge on any atom is -0.364 e. The number of fused-ring (bicyclic) bond motifs is 2. The number of pyridine rings is 2. The molecule has 1 saturated carbocycles. The molecule has 0 radical (unpaired) electrons. The van der Waals surface area contributed by atoms with Crippen LogP contribution in [0, 0.1) is 5.92 Å². The Morgan fingerprint density at radius 3 is 2.76 bits per heavy atom. The lowest BCUT2D eigenvalue weighted by molar-refractivity contribution is -0.117. The van der Waals surface area contributed by atoms with Crippen LogP contribution in [0.5, 0.6) is 0 Å². The van der Waals surface area contributed by atoms with E-state index in [1.807, 2.05) is 30.5 Å². The van der Waals surface area contributed by atoms with Crippen molar-refractivity contribution in [3.8, 4) is 11.3 Å². The van der Waals surface area contributed by atoms with Gasteiger partial charge in [0.2, 0.25) is 5.91 Å². The maximum atomic E-state index is 12.8. The summed E-state index contributed by atoms with van der Waals surface area (Å²) in [5, 5.41) is 6.38. The SMILES string of the molecule is CC(=O)c1ccc(C2=CC=C(C)Cc3[nH]c(C4=NCNc5cnc(-c6cncc(NC(=O)CC7CCCCC7)c6)cc54)nc32)s1. The van der Waals surface area contributed by atoms with Crippen LogP contribution in [0.4, 0.5) is 11.4 Å². The third-order valence-electron chi connectivity index (χ3n) is 8.65. The first-order valence-corrected chi connectivity index (χ1v) is 16.3. The number of allylic oxidation sites excluding steroid dienone is 3. The van der Waals surface area contributed by atoms with E-state index in [0.717, 1.165) is 74.2 Å². The maximum absolute atomic E-state index is 12.8. The van der Waals surface area contributed by atoms with Crippen molar-refractivity contribution in [2.75, 3.05) is 17.3 Å². The summed E-state index contributed by atoms with van der Waals surface area (Å²) in [6, 6.07) is 7.80. The molecular formula is C35H35N7O2S. The number of aromatic nitrogens is 4. The van der Waals surface area contributed by atoms with Crippen LogP contribution in [0.1, 0.15) is 89.7 Å². The van der Waals surface area contributed by atoms with Crippen LogP contribution in [-0.4, -0.2) is 44.0 Å². The van der Waals surface area contributed by atoms with E-state index < -0.39 is 0 Å². The standard InChI is InChI=1S/C35H35N7O2S/c1-20-8-9-25(31-11-10-30(45-31)21(2)43)33-28(12-20)41-35(42-33)34-26-15-27(37-18-29(26)38-19-39-34)23-14-24(17-36-16-23)40-32(44)13-22-6-4-3-5-7-22/h8-11,14-18,22,38H,3-7,12-13,19H2,1-2H3,(H,40,44)(H,41,42). The van der Waals surface area contributed by atoms with Crippen molar-refractivity contribution >= 4 is 45.7 Å². The molecule has 0 bridgehead atoms. The number of nitrogens with zero attached hydrogens (tertiary/aromatic N) is 4. The molecule has 228 valence electrons. The lowest BCUT2D eigenvalue weighted by Gasteiger charge is -2.20. The molecule has 4 aromatic rings. The first kappa shape index (κ1) is 29.0. The van der Waals surface area contributed by atoms with E-state index in [0.29, 0.717) is 30.5 Å². The van der Waals surface area contributed by atoms with E-state index in [2.05, 4.69) is 39.7 Å². The van der Waals surface area contributed by atoms with E-state index >= 15 is 0 Å². The Morgan fingerprint density at radius 1 is 1.07 bits per heavy atom. The molecule has 5 heterocycles. The summed E-state index contributed by atoms with van der Waals surface area (Å²) in [5.74, 6) is 1.25. The molecule has 0 spiro atoms. The molecule has 7 rings (SSSR count). The van der Waals surface area contributed by atoms with E-state index in [1.54, 1.807) is 19.3 Å². The maximum Gasteiger partial charge on any atom is 0.224 e. The van der Waals surface area contributed by atoms with Crippen LogP contribution in [-0.2, 0) is 11.2 Å². The third-order valence-corrected chi connectivity index (χ3v) is 9.87. The van der Waals surface area contributed by atoms with Gasteiger partial charge in [-0.1, -0.05) is 37.0 Å². The van der Waals surface area contributed by atoms with Crippen molar-refractivity contribution in [1.29, 1.82) is 0 Å². The number of anilines is 2. The minimum absolute atomic E-state index is 0.0361. The molecule has 1 aliphatic heterocycles. The largest absolute Gasteiger partial charge is 0.364 e. The summed E-state index contributed by atoms with van der Waals surface area (Å²) in [7, 11) is 0. The normalized spacial score (nSPS) is 16.4. The second-order valence-corrected chi connectivity index (χ2v) is 13.2. The number of H-pyrrole nitrogens is 1. The molecule has 0 unspecified atom stereocenters. The number of nitrogens with one attached hydrogen (secondary N) is 3. The second-order valence-electron chi connectivity index (χ2n) is 12.1.